The van der Waals surface area contributed by atoms with E-state index in [-0.39, 0.29) is 11.6 Å². The average molecular weight is 384 g/mol. The first-order chi connectivity index (χ1) is 13.0. The van der Waals surface area contributed by atoms with Crippen LogP contribution in [0.2, 0.25) is 0 Å². The Kier molecular flexibility index (Phi) is 5.59. The van der Waals surface area contributed by atoms with Crippen LogP contribution in [0.15, 0.2) is 54.6 Å². The molecular weight excluding hydrogens is 366 g/mol. The fraction of sp³-hybridized carbons (Fsp3) is 0.100. The number of hydrogen-bond acceptors (Lipinski definition) is 3. The van der Waals surface area contributed by atoms with Crippen molar-refractivity contribution in [3.63, 3.8) is 0 Å². The Morgan fingerprint density at radius 3 is 2.52 bits per heavy atom. The van der Waals surface area contributed by atoms with Gasteiger partial charge in [-0.2, -0.15) is 0 Å². The summed E-state index contributed by atoms with van der Waals surface area (Å²) in [6.45, 7) is 0.564. The normalized spacial score (nSPS) is 11.2. The number of aromatic carboxylic acids is 1. The first kappa shape index (κ1) is 18.7. The fourth-order valence-corrected chi connectivity index (χ4v) is 3.17. The molecule has 0 saturated heterocycles. The smallest absolute Gasteiger partial charge is 0.354 e. The number of nitrogens with zero attached hydrogens (tertiary/aromatic N) is 1. The molecule has 1 aromatic heterocycles. The van der Waals surface area contributed by atoms with Crippen LogP contribution in [-0.4, -0.2) is 27.6 Å². The molecule has 0 radical (unpaired) electrons. The largest absolute Gasteiger partial charge is 0.477 e. The van der Waals surface area contributed by atoms with Crippen molar-refractivity contribution in [1.29, 1.82) is 0 Å². The highest BCUT2D eigenvalue weighted by Gasteiger charge is 2.20. The predicted molar refractivity (Wildman–Crippen MR) is 107 cm³/mol. The first-order valence-electron chi connectivity index (χ1n) is 8.32. The van der Waals surface area contributed by atoms with Gasteiger partial charge in [-0.15, -0.1) is 0 Å². The van der Waals surface area contributed by atoms with Crippen molar-refractivity contribution in [2.24, 2.45) is 5.73 Å². The van der Waals surface area contributed by atoms with E-state index >= 15 is 0 Å². The Bertz CT molecular complexity index is 1020. The third kappa shape index (κ3) is 4.02. The van der Waals surface area contributed by atoms with Gasteiger partial charge in [0.2, 0.25) is 5.91 Å². The van der Waals surface area contributed by atoms with Gasteiger partial charge in [-0.3, -0.25) is 4.79 Å². The Balaban J connectivity index is 1.84. The second-order valence-electron chi connectivity index (χ2n) is 5.92. The molecule has 3 rings (SSSR count). The van der Waals surface area contributed by atoms with Crippen LogP contribution in [0, 0.1) is 0 Å². The minimum absolute atomic E-state index is 0.0898. The van der Waals surface area contributed by atoms with Crippen LogP contribution in [0.5, 0.6) is 0 Å². The minimum atomic E-state index is -1.17. The van der Waals surface area contributed by atoms with Gasteiger partial charge in [0.15, 0.2) is 5.69 Å². The van der Waals surface area contributed by atoms with Crippen molar-refractivity contribution in [2.45, 2.75) is 6.42 Å². The molecule has 0 unspecified atom stereocenters. The van der Waals surface area contributed by atoms with Crippen LogP contribution in [0.3, 0.4) is 0 Å². The number of nitrogens with one attached hydrogen (secondary N) is 1. The van der Waals surface area contributed by atoms with E-state index in [2.05, 4.69) is 5.32 Å². The molecule has 0 spiro atoms. The summed E-state index contributed by atoms with van der Waals surface area (Å²) in [7, 11) is 0. The van der Waals surface area contributed by atoms with E-state index in [1.807, 2.05) is 12.1 Å². The molecule has 4 N–H and O–H groups in total. The summed E-state index contributed by atoms with van der Waals surface area (Å²) in [6, 6.07) is 14.4. The van der Waals surface area contributed by atoms with Crippen LogP contribution in [0.4, 0.5) is 5.69 Å². The Labute approximate surface area is 161 Å². The number of carboxylic acid groups (broad SMARTS) is 1. The summed E-state index contributed by atoms with van der Waals surface area (Å²) >= 11 is 6.14. The van der Waals surface area contributed by atoms with Crippen LogP contribution in [-0.2, 0) is 11.2 Å². The van der Waals surface area contributed by atoms with Gasteiger partial charge in [-0.05, 0) is 42.8 Å². The number of rotatable bonds is 6. The van der Waals surface area contributed by atoms with E-state index in [0.29, 0.717) is 28.7 Å². The molecule has 27 heavy (non-hydrogen) atoms. The highest BCUT2D eigenvalue weighted by atomic mass is 35.5. The van der Waals surface area contributed by atoms with Gasteiger partial charge in [-0.1, -0.05) is 30.3 Å². The summed E-state index contributed by atoms with van der Waals surface area (Å²) in [5.74, 6) is -1.54. The van der Waals surface area contributed by atoms with Crippen LogP contribution in [0.25, 0.3) is 17.0 Å². The number of hydrogen-bond donors (Lipinski definition) is 3. The number of amides is 1. The summed E-state index contributed by atoms with van der Waals surface area (Å²) in [5.41, 5.74) is 8.10. The molecule has 138 valence electrons. The number of aromatic nitrogens is 1. The van der Waals surface area contributed by atoms with Crippen molar-refractivity contribution in [3.8, 4) is 0 Å². The van der Waals surface area contributed by atoms with Crippen molar-refractivity contribution in [2.75, 3.05) is 11.9 Å². The summed E-state index contributed by atoms with van der Waals surface area (Å²) in [4.78, 5) is 23.8. The molecule has 0 aliphatic rings. The van der Waals surface area contributed by atoms with Crippen molar-refractivity contribution in [1.82, 2.24) is 4.09 Å². The van der Waals surface area contributed by atoms with Gasteiger partial charge in [0.25, 0.3) is 0 Å². The maximum Gasteiger partial charge on any atom is 0.354 e. The fourth-order valence-electron chi connectivity index (χ4n) is 2.86. The van der Waals surface area contributed by atoms with Gasteiger partial charge in [-0.25, -0.2) is 8.88 Å². The molecule has 0 saturated carbocycles. The SMILES string of the molecule is NCCc1ccc(NC(=O)C=Cc2c(C(=O)O)n(Cl)c3ccccc23)cc1. The highest BCUT2D eigenvalue weighted by Crippen LogP contribution is 2.28. The van der Waals surface area contributed by atoms with Crippen molar-refractivity contribution < 1.29 is 14.7 Å². The maximum atomic E-state index is 12.2. The van der Waals surface area contributed by atoms with E-state index in [1.54, 1.807) is 36.4 Å². The number of carbonyl (C=O) groups is 2. The predicted octanol–water partition coefficient (Wildman–Crippen LogP) is 3.49. The summed E-state index contributed by atoms with van der Waals surface area (Å²) in [6.07, 6.45) is 3.52. The van der Waals surface area contributed by atoms with Crippen LogP contribution in [0.1, 0.15) is 21.6 Å². The summed E-state index contributed by atoms with van der Waals surface area (Å²) in [5, 5.41) is 12.9. The third-order valence-corrected chi connectivity index (χ3v) is 4.47. The van der Waals surface area contributed by atoms with Crippen molar-refractivity contribution >= 4 is 46.3 Å². The minimum Gasteiger partial charge on any atom is -0.477 e. The van der Waals surface area contributed by atoms with E-state index in [0.717, 1.165) is 16.1 Å². The molecule has 6 nitrogen and oxygen atoms in total. The van der Waals surface area contributed by atoms with Gasteiger partial charge in [0.1, 0.15) is 0 Å². The second-order valence-corrected chi connectivity index (χ2v) is 6.26. The van der Waals surface area contributed by atoms with Crippen molar-refractivity contribution in [3.05, 3.63) is 71.4 Å². The van der Waals surface area contributed by atoms with Crippen LogP contribution < -0.4 is 11.1 Å². The maximum absolute atomic E-state index is 12.2. The number of carboxylic acids is 1. The zero-order chi connectivity index (χ0) is 19.4. The lowest BCUT2D eigenvalue weighted by Crippen LogP contribution is -2.08. The molecule has 0 aliphatic carbocycles. The second kappa shape index (κ2) is 8.07. The number of carbonyl (C=O) groups excluding carboxylic acids is 1. The molecule has 3 aromatic rings. The quantitative estimate of drug-likeness (QED) is 0.567. The Morgan fingerprint density at radius 2 is 1.85 bits per heavy atom. The van der Waals surface area contributed by atoms with Crippen LogP contribution >= 0.6 is 11.8 Å². The van der Waals surface area contributed by atoms with E-state index < -0.39 is 5.97 Å². The molecule has 7 heteroatoms. The van der Waals surface area contributed by atoms with Gasteiger partial charge < -0.3 is 16.2 Å². The average Bonchev–Trinajstić information content (AvgIpc) is 2.94. The van der Waals surface area contributed by atoms with Gasteiger partial charge in [0.05, 0.1) is 5.52 Å². The molecule has 0 atom stereocenters. The lowest BCUT2D eigenvalue weighted by atomic mass is 10.1. The Morgan fingerprint density at radius 1 is 1.15 bits per heavy atom. The molecule has 1 heterocycles. The van der Waals surface area contributed by atoms with E-state index in [4.69, 9.17) is 17.5 Å². The van der Waals surface area contributed by atoms with Gasteiger partial charge >= 0.3 is 5.97 Å². The Hall–Kier alpha value is -3.09. The number of halogens is 1. The van der Waals surface area contributed by atoms with E-state index in [9.17, 15) is 14.7 Å². The number of anilines is 1. The standard InChI is InChI=1S/C20H18ClN3O3/c21-24-17-4-2-1-3-15(17)16(19(24)20(26)27)9-10-18(25)23-14-7-5-13(6-8-14)11-12-22/h1-10H,11-12,22H2,(H,23,25)(H,26,27). The number of benzene rings is 2. The summed E-state index contributed by atoms with van der Waals surface area (Å²) < 4.78 is 1.09. The number of para-hydroxylation sites is 1. The molecule has 1 amide bonds. The van der Waals surface area contributed by atoms with E-state index in [1.165, 1.54) is 12.2 Å². The topological polar surface area (TPSA) is 97.3 Å². The molecular formula is C20H18ClN3O3. The third-order valence-electron chi connectivity index (χ3n) is 4.12. The molecule has 0 fully saturated rings. The lowest BCUT2D eigenvalue weighted by Gasteiger charge is -2.04. The highest BCUT2D eigenvalue weighted by molar-refractivity contribution is 6.23. The number of nitrogens with two attached hydrogens (primary N) is 1. The van der Waals surface area contributed by atoms with Gasteiger partial charge in [0, 0.05) is 34.5 Å². The molecule has 2 aromatic carbocycles. The zero-order valence-electron chi connectivity index (χ0n) is 14.4. The lowest BCUT2D eigenvalue weighted by molar-refractivity contribution is -0.111. The monoisotopic (exact) mass is 383 g/mol. The zero-order valence-corrected chi connectivity index (χ0v) is 15.1. The first-order valence-corrected chi connectivity index (χ1v) is 8.66. The molecule has 0 bridgehead atoms. The molecule has 0 aliphatic heterocycles. The number of fused-ring (bicyclic) bond motifs is 1.